The molecule has 1 aliphatic rings. The predicted octanol–water partition coefficient (Wildman–Crippen LogP) is 2.72. The second-order valence-corrected chi connectivity index (χ2v) is 5.63. The summed E-state index contributed by atoms with van der Waals surface area (Å²) in [4.78, 5) is 0. The van der Waals surface area contributed by atoms with Crippen LogP contribution in [0, 0.1) is 5.41 Å². The molecule has 1 aliphatic heterocycles. The van der Waals surface area contributed by atoms with Crippen molar-refractivity contribution in [2.45, 2.75) is 32.6 Å². The fourth-order valence-corrected chi connectivity index (χ4v) is 3.14. The first-order valence-electron chi connectivity index (χ1n) is 6.34. The molecule has 1 atom stereocenters. The van der Waals surface area contributed by atoms with Gasteiger partial charge in [0.1, 0.15) is 0 Å². The molecule has 1 fully saturated rings. The predicted molar refractivity (Wildman–Crippen MR) is 72.6 cm³/mol. The molecule has 0 bridgehead atoms. The standard InChI is InChI=1S/C13H21BrN2O/c1-3-11-7-12(16(2)15-11)8-13(9-14)5-4-6-17-10-13/h7H,3-6,8-10H2,1-2H3. The first kappa shape index (κ1) is 13.1. The Bertz CT molecular complexity index is 369. The number of ether oxygens (including phenoxy) is 1. The van der Waals surface area contributed by atoms with Crippen molar-refractivity contribution < 1.29 is 4.74 Å². The Morgan fingerprint density at radius 2 is 2.41 bits per heavy atom. The minimum atomic E-state index is 0.261. The molecule has 0 radical (unpaired) electrons. The third-order valence-corrected chi connectivity index (χ3v) is 4.82. The summed E-state index contributed by atoms with van der Waals surface area (Å²) in [5, 5.41) is 5.53. The van der Waals surface area contributed by atoms with Gasteiger partial charge >= 0.3 is 0 Å². The summed E-state index contributed by atoms with van der Waals surface area (Å²) in [6.07, 6.45) is 4.47. The van der Waals surface area contributed by atoms with Crippen molar-refractivity contribution in [3.8, 4) is 0 Å². The number of halogens is 1. The van der Waals surface area contributed by atoms with Gasteiger partial charge in [-0.15, -0.1) is 0 Å². The molecule has 17 heavy (non-hydrogen) atoms. The molecule has 0 saturated carbocycles. The molecule has 0 aliphatic carbocycles. The highest BCUT2D eigenvalue weighted by atomic mass is 79.9. The largest absolute Gasteiger partial charge is 0.381 e. The Morgan fingerprint density at radius 3 is 2.94 bits per heavy atom. The third kappa shape index (κ3) is 2.91. The zero-order valence-corrected chi connectivity index (χ0v) is 12.3. The molecule has 0 spiro atoms. The summed E-state index contributed by atoms with van der Waals surface area (Å²) in [7, 11) is 2.04. The molecule has 1 saturated heterocycles. The number of rotatable bonds is 4. The zero-order valence-electron chi connectivity index (χ0n) is 10.7. The van der Waals surface area contributed by atoms with Crippen molar-refractivity contribution >= 4 is 15.9 Å². The molecule has 0 aromatic carbocycles. The van der Waals surface area contributed by atoms with Gasteiger partial charge in [-0.25, -0.2) is 0 Å². The molecule has 0 N–H and O–H groups in total. The van der Waals surface area contributed by atoms with Crippen LogP contribution < -0.4 is 0 Å². The van der Waals surface area contributed by atoms with Gasteiger partial charge in [0.15, 0.2) is 0 Å². The van der Waals surface area contributed by atoms with Crippen LogP contribution in [-0.4, -0.2) is 28.3 Å². The van der Waals surface area contributed by atoms with E-state index in [0.717, 1.165) is 31.4 Å². The number of nitrogens with zero attached hydrogens (tertiary/aromatic N) is 2. The summed E-state index contributed by atoms with van der Waals surface area (Å²) in [5.74, 6) is 0. The van der Waals surface area contributed by atoms with E-state index in [1.165, 1.54) is 24.2 Å². The SMILES string of the molecule is CCc1cc(CC2(CBr)CCCOC2)n(C)n1. The summed E-state index contributed by atoms with van der Waals surface area (Å²) >= 11 is 3.66. The molecule has 3 nitrogen and oxygen atoms in total. The van der Waals surface area contributed by atoms with E-state index >= 15 is 0 Å². The Hall–Kier alpha value is -0.350. The summed E-state index contributed by atoms with van der Waals surface area (Å²) in [6.45, 7) is 3.93. The fraction of sp³-hybridized carbons (Fsp3) is 0.769. The van der Waals surface area contributed by atoms with Gasteiger partial charge in [-0.1, -0.05) is 22.9 Å². The highest BCUT2D eigenvalue weighted by Gasteiger charge is 2.33. The van der Waals surface area contributed by atoms with Gasteiger partial charge in [-0.3, -0.25) is 4.68 Å². The Kier molecular flexibility index (Phi) is 4.26. The maximum absolute atomic E-state index is 5.66. The van der Waals surface area contributed by atoms with E-state index in [0.29, 0.717) is 0 Å². The van der Waals surface area contributed by atoms with Gasteiger partial charge in [0.2, 0.25) is 0 Å². The average Bonchev–Trinajstić information content (AvgIpc) is 2.71. The van der Waals surface area contributed by atoms with E-state index in [1.54, 1.807) is 0 Å². The van der Waals surface area contributed by atoms with Crippen molar-refractivity contribution in [1.29, 1.82) is 0 Å². The first-order valence-corrected chi connectivity index (χ1v) is 7.47. The number of aryl methyl sites for hydroxylation is 2. The highest BCUT2D eigenvalue weighted by molar-refractivity contribution is 9.09. The van der Waals surface area contributed by atoms with Crippen LogP contribution in [0.25, 0.3) is 0 Å². The van der Waals surface area contributed by atoms with Crippen LogP contribution in [0.5, 0.6) is 0 Å². The van der Waals surface area contributed by atoms with E-state index in [9.17, 15) is 0 Å². The molecule has 1 aromatic rings. The molecular weight excluding hydrogens is 280 g/mol. The van der Waals surface area contributed by atoms with E-state index in [4.69, 9.17) is 4.74 Å². The smallest absolute Gasteiger partial charge is 0.0624 e. The van der Waals surface area contributed by atoms with Gasteiger partial charge < -0.3 is 4.74 Å². The van der Waals surface area contributed by atoms with Gasteiger partial charge in [-0.05, 0) is 31.7 Å². The number of hydrogen-bond acceptors (Lipinski definition) is 2. The fourth-order valence-electron chi connectivity index (χ4n) is 2.50. The van der Waals surface area contributed by atoms with E-state index in [2.05, 4.69) is 34.0 Å². The van der Waals surface area contributed by atoms with E-state index < -0.39 is 0 Å². The van der Waals surface area contributed by atoms with Gasteiger partial charge in [-0.2, -0.15) is 5.10 Å². The Morgan fingerprint density at radius 1 is 1.59 bits per heavy atom. The van der Waals surface area contributed by atoms with Gasteiger partial charge in [0.25, 0.3) is 0 Å². The topological polar surface area (TPSA) is 27.1 Å². The van der Waals surface area contributed by atoms with E-state index in [1.807, 2.05) is 11.7 Å². The maximum atomic E-state index is 5.66. The maximum Gasteiger partial charge on any atom is 0.0624 e. The Balaban J connectivity index is 2.14. The van der Waals surface area contributed by atoms with Crippen molar-refractivity contribution in [1.82, 2.24) is 9.78 Å². The average molecular weight is 301 g/mol. The molecule has 0 amide bonds. The molecule has 2 rings (SSSR count). The van der Waals surface area contributed by atoms with Crippen molar-refractivity contribution in [2.24, 2.45) is 12.5 Å². The lowest BCUT2D eigenvalue weighted by molar-refractivity contribution is 0.00528. The van der Waals surface area contributed by atoms with Crippen LogP contribution in [0.1, 0.15) is 31.2 Å². The van der Waals surface area contributed by atoms with Crippen LogP contribution in [0.4, 0.5) is 0 Å². The van der Waals surface area contributed by atoms with Crippen LogP contribution in [0.15, 0.2) is 6.07 Å². The van der Waals surface area contributed by atoms with E-state index in [-0.39, 0.29) is 5.41 Å². The third-order valence-electron chi connectivity index (χ3n) is 3.63. The zero-order chi connectivity index (χ0) is 12.3. The van der Waals surface area contributed by atoms with Gasteiger partial charge in [0.05, 0.1) is 12.3 Å². The van der Waals surface area contributed by atoms with Gasteiger partial charge in [0, 0.05) is 30.1 Å². The summed E-state index contributed by atoms with van der Waals surface area (Å²) < 4.78 is 7.69. The van der Waals surface area contributed by atoms with Crippen LogP contribution in [0.2, 0.25) is 0 Å². The van der Waals surface area contributed by atoms with Crippen molar-refractivity contribution in [2.75, 3.05) is 18.5 Å². The highest BCUT2D eigenvalue weighted by Crippen LogP contribution is 2.34. The lowest BCUT2D eigenvalue weighted by atomic mass is 9.80. The normalized spacial score (nSPS) is 25.1. The lowest BCUT2D eigenvalue weighted by Gasteiger charge is -2.35. The molecule has 1 aromatic heterocycles. The quantitative estimate of drug-likeness (QED) is 0.800. The second kappa shape index (κ2) is 5.53. The number of hydrogen-bond donors (Lipinski definition) is 0. The second-order valence-electron chi connectivity index (χ2n) is 5.07. The minimum absolute atomic E-state index is 0.261. The number of aromatic nitrogens is 2. The van der Waals surface area contributed by atoms with Crippen LogP contribution >= 0.6 is 15.9 Å². The van der Waals surface area contributed by atoms with Crippen molar-refractivity contribution in [3.63, 3.8) is 0 Å². The molecule has 96 valence electrons. The molecule has 4 heteroatoms. The monoisotopic (exact) mass is 300 g/mol. The molecule has 1 unspecified atom stereocenters. The number of alkyl halides is 1. The lowest BCUT2D eigenvalue weighted by Crippen LogP contribution is -2.36. The molecule has 2 heterocycles. The van der Waals surface area contributed by atoms with Crippen LogP contribution in [-0.2, 0) is 24.6 Å². The van der Waals surface area contributed by atoms with Crippen LogP contribution in [0.3, 0.4) is 0 Å². The Labute approximate surface area is 112 Å². The summed E-state index contributed by atoms with van der Waals surface area (Å²) in [6, 6.07) is 2.24. The first-order chi connectivity index (χ1) is 8.19. The molecular formula is C13H21BrN2O. The summed E-state index contributed by atoms with van der Waals surface area (Å²) in [5.41, 5.74) is 2.77. The minimum Gasteiger partial charge on any atom is -0.381 e. The van der Waals surface area contributed by atoms with Crippen molar-refractivity contribution in [3.05, 3.63) is 17.5 Å².